The van der Waals surface area contributed by atoms with Gasteiger partial charge in [-0.2, -0.15) is 0 Å². The molecule has 0 saturated carbocycles. The van der Waals surface area contributed by atoms with Gasteiger partial charge >= 0.3 is 17.1 Å². The molecule has 1 radical (unpaired) electrons. The fourth-order valence-electron chi connectivity index (χ4n) is 2.28. The van der Waals surface area contributed by atoms with Crippen LogP contribution < -0.4 is 10.2 Å². The first-order valence-electron chi connectivity index (χ1n) is 7.23. The molecule has 3 aromatic rings. The van der Waals surface area contributed by atoms with Gasteiger partial charge in [-0.3, -0.25) is 19.6 Å². The van der Waals surface area contributed by atoms with Crippen molar-refractivity contribution in [2.24, 2.45) is 0 Å². The van der Waals surface area contributed by atoms with Crippen molar-refractivity contribution in [1.29, 1.82) is 0 Å². The largest absolute Gasteiger partial charge is 2.00 e. The van der Waals surface area contributed by atoms with Gasteiger partial charge in [-0.15, -0.1) is 0 Å². The van der Waals surface area contributed by atoms with Gasteiger partial charge < -0.3 is 10.2 Å². The third-order valence-electron chi connectivity index (χ3n) is 3.55. The molecule has 0 amide bonds. The number of carbonyl (C=O) groups is 2. The van der Waals surface area contributed by atoms with Crippen molar-refractivity contribution in [3.63, 3.8) is 0 Å². The Morgan fingerprint density at radius 3 is 1.44 bits per heavy atom. The maximum atomic E-state index is 10.7. The fourth-order valence-corrected chi connectivity index (χ4v) is 2.63. The zero-order chi connectivity index (χ0) is 18.8. The van der Waals surface area contributed by atoms with Crippen LogP contribution in [0.25, 0.3) is 21.8 Å². The van der Waals surface area contributed by atoms with E-state index in [0.717, 1.165) is 21.8 Å². The molecule has 4 rings (SSSR count). The van der Waals surface area contributed by atoms with E-state index >= 15 is 0 Å². The minimum Gasteiger partial charge on any atom is -0.872 e. The summed E-state index contributed by atoms with van der Waals surface area (Å²) >= 11 is 10.2. The molecule has 1 aliphatic rings. The maximum Gasteiger partial charge on any atom is 2.00 e. The van der Waals surface area contributed by atoms with Crippen molar-refractivity contribution in [2.75, 3.05) is 0 Å². The first-order valence-corrected chi connectivity index (χ1v) is 7.99. The van der Waals surface area contributed by atoms with Crippen LogP contribution in [0.15, 0.2) is 70.4 Å². The Hall–Kier alpha value is -2.44. The Labute approximate surface area is 173 Å². The van der Waals surface area contributed by atoms with Crippen LogP contribution in [-0.2, 0) is 26.7 Å². The van der Waals surface area contributed by atoms with E-state index in [1.54, 1.807) is 12.4 Å². The summed E-state index contributed by atoms with van der Waals surface area (Å²) in [5.74, 6) is -4.92. The molecule has 1 aliphatic carbocycles. The van der Waals surface area contributed by atoms with Gasteiger partial charge in [0.2, 0.25) is 11.6 Å². The number of benzene rings is 1. The minimum absolute atomic E-state index is 0. The zero-order valence-corrected chi connectivity index (χ0v) is 15.7. The molecule has 0 fully saturated rings. The van der Waals surface area contributed by atoms with Crippen LogP contribution in [0.5, 0.6) is 0 Å². The second-order valence-electron chi connectivity index (χ2n) is 5.16. The molecule has 2 heterocycles. The van der Waals surface area contributed by atoms with Gasteiger partial charge in [0.05, 0.1) is 21.1 Å². The van der Waals surface area contributed by atoms with Crippen molar-refractivity contribution >= 4 is 56.6 Å². The molecule has 0 aliphatic heterocycles. The predicted octanol–water partition coefficient (Wildman–Crippen LogP) is 1.54. The Balaban J connectivity index is 0.000000190. The molecule has 0 unspecified atom stereocenters. The summed E-state index contributed by atoms with van der Waals surface area (Å²) in [6.45, 7) is 0. The van der Waals surface area contributed by atoms with Crippen molar-refractivity contribution in [1.82, 2.24) is 9.97 Å². The molecule has 2 aromatic heterocycles. The molecule has 0 atom stereocenters. The smallest absolute Gasteiger partial charge is 0.872 e. The molecule has 0 saturated heterocycles. The molecule has 139 valence electrons. The van der Waals surface area contributed by atoms with E-state index in [2.05, 4.69) is 34.2 Å². The number of rotatable bonds is 0. The summed E-state index contributed by atoms with van der Waals surface area (Å²) in [7, 11) is 0. The van der Waals surface area contributed by atoms with Crippen molar-refractivity contribution in [3.8, 4) is 0 Å². The van der Waals surface area contributed by atoms with Crippen LogP contribution in [0, 0.1) is 0 Å². The Morgan fingerprint density at radius 1 is 0.704 bits per heavy atom. The monoisotopic (exact) mass is 449 g/mol. The van der Waals surface area contributed by atoms with Gasteiger partial charge in [0.1, 0.15) is 0 Å². The summed E-state index contributed by atoms with van der Waals surface area (Å²) < 4.78 is 0. The zero-order valence-electron chi connectivity index (χ0n) is 13.2. The number of halogens is 2. The van der Waals surface area contributed by atoms with Gasteiger partial charge in [-0.25, -0.2) is 0 Å². The van der Waals surface area contributed by atoms with E-state index in [0.29, 0.717) is 0 Å². The van der Waals surface area contributed by atoms with E-state index in [1.165, 1.54) is 0 Å². The molecule has 0 spiro atoms. The van der Waals surface area contributed by atoms with Crippen molar-refractivity contribution < 1.29 is 36.9 Å². The molecule has 6 nitrogen and oxygen atoms in total. The van der Waals surface area contributed by atoms with Crippen molar-refractivity contribution in [2.45, 2.75) is 0 Å². The first-order chi connectivity index (χ1) is 12.4. The summed E-state index contributed by atoms with van der Waals surface area (Å²) in [5, 5.41) is 21.9. The average molecular weight is 451 g/mol. The predicted molar refractivity (Wildman–Crippen MR) is 92.8 cm³/mol. The SMILES string of the molecule is O=C1C(=O)C(Cl)=C([O-])C([O-])=C1Cl.[Cu+2].c1cnc2c(c1)ccc1cccnc12. The molecule has 0 N–H and O–H groups in total. The second kappa shape index (κ2) is 8.50. The molecule has 9 heteroatoms. The Kier molecular flexibility index (Phi) is 6.57. The number of hydrogen-bond acceptors (Lipinski definition) is 6. The third-order valence-corrected chi connectivity index (χ3v) is 4.24. The number of ketones is 2. The fraction of sp³-hybridized carbons (Fsp3) is 0. The van der Waals surface area contributed by atoms with Gasteiger partial charge in [-0.1, -0.05) is 59.0 Å². The Bertz CT molecular complexity index is 1020. The van der Waals surface area contributed by atoms with Gasteiger partial charge in [0, 0.05) is 23.2 Å². The number of carbonyl (C=O) groups excluding carboxylic acids is 2. The summed E-state index contributed by atoms with van der Waals surface area (Å²) in [6.07, 6.45) is 3.60. The van der Waals surface area contributed by atoms with Crippen LogP contribution in [0.4, 0.5) is 0 Å². The van der Waals surface area contributed by atoms with Crippen molar-refractivity contribution in [3.05, 3.63) is 70.4 Å². The van der Waals surface area contributed by atoms with Crippen LogP contribution in [0.2, 0.25) is 0 Å². The molecular weight excluding hydrogens is 443 g/mol. The number of fused-ring (bicyclic) bond motifs is 3. The van der Waals surface area contributed by atoms with Gasteiger partial charge in [0.15, 0.2) is 0 Å². The second-order valence-corrected chi connectivity index (χ2v) is 5.92. The van der Waals surface area contributed by atoms with Crippen LogP contribution in [0.3, 0.4) is 0 Å². The molecule has 1 aromatic carbocycles. The molecular formula is C18H8Cl2CuN2O4. The molecule has 0 bridgehead atoms. The minimum atomic E-state index is -1.23. The van der Waals surface area contributed by atoms with Gasteiger partial charge in [0.25, 0.3) is 0 Å². The first kappa shape index (κ1) is 20.9. The van der Waals surface area contributed by atoms with E-state index in [1.807, 2.05) is 12.1 Å². The van der Waals surface area contributed by atoms with Crippen LogP contribution >= 0.6 is 23.2 Å². The number of Topliss-reactive ketones (excluding diaryl/α,β-unsaturated/α-hetero) is 2. The maximum absolute atomic E-state index is 10.7. The Morgan fingerprint density at radius 2 is 1.07 bits per heavy atom. The van der Waals surface area contributed by atoms with E-state index in [4.69, 9.17) is 23.2 Å². The van der Waals surface area contributed by atoms with E-state index in [9.17, 15) is 19.8 Å². The number of allylic oxidation sites excluding steroid dienone is 2. The number of aromatic nitrogens is 2. The van der Waals surface area contributed by atoms with Gasteiger partial charge in [-0.05, 0) is 12.1 Å². The standard InChI is InChI=1S/C12H8N2.C6H2Cl2O4.Cu/c1-3-9-5-6-10-4-2-8-14-12(10)11(9)13-7-1;7-1-3(9)5(11)2(8)6(12)4(1)10;/h1-8H;9,11H;/q;;+2/p-2. The topological polar surface area (TPSA) is 106 Å². The number of nitrogens with zero attached hydrogens (tertiary/aromatic N) is 2. The average Bonchev–Trinajstić information content (AvgIpc) is 2.70. The van der Waals surface area contributed by atoms with E-state index < -0.39 is 33.1 Å². The quantitative estimate of drug-likeness (QED) is 0.223. The summed E-state index contributed by atoms with van der Waals surface area (Å²) in [5.41, 5.74) is 1.95. The molecule has 27 heavy (non-hydrogen) atoms. The van der Waals surface area contributed by atoms with E-state index in [-0.39, 0.29) is 17.1 Å². The third kappa shape index (κ3) is 3.96. The van der Waals surface area contributed by atoms with Crippen LogP contribution in [-0.4, -0.2) is 21.5 Å². The normalized spacial score (nSPS) is 14.1. The summed E-state index contributed by atoms with van der Waals surface area (Å²) in [6, 6.07) is 12.1. The van der Waals surface area contributed by atoms with Crippen LogP contribution in [0.1, 0.15) is 0 Å². The number of hydrogen-bond donors (Lipinski definition) is 0. The number of pyridine rings is 2. The summed E-state index contributed by atoms with van der Waals surface area (Å²) in [4.78, 5) is 30.1.